The van der Waals surface area contributed by atoms with Gasteiger partial charge in [0.25, 0.3) is 0 Å². The molecule has 1 aromatic carbocycles. The van der Waals surface area contributed by atoms with Crippen LogP contribution in [0.15, 0.2) is 29.4 Å². The van der Waals surface area contributed by atoms with Crippen molar-refractivity contribution in [2.75, 3.05) is 17.7 Å². The van der Waals surface area contributed by atoms with Crippen LogP contribution in [0, 0.1) is 0 Å². The predicted octanol–water partition coefficient (Wildman–Crippen LogP) is 3.38. The summed E-state index contributed by atoms with van der Waals surface area (Å²) in [5.41, 5.74) is 1.12. The van der Waals surface area contributed by atoms with E-state index in [2.05, 4.69) is 15.5 Å². The molecule has 0 saturated heterocycles. The van der Waals surface area contributed by atoms with Crippen molar-refractivity contribution in [3.05, 3.63) is 35.7 Å². The Morgan fingerprint density at radius 2 is 2.00 bits per heavy atom. The highest BCUT2D eigenvalue weighted by atomic mass is 32.2. The number of esters is 1. The number of aromatic nitrogens is 3. The largest absolute Gasteiger partial charge is 0.462 e. The molecule has 1 amide bonds. The smallest absolute Gasteiger partial charge is 0.338 e. The van der Waals surface area contributed by atoms with Gasteiger partial charge in [-0.1, -0.05) is 25.1 Å². The number of rotatable bonds is 9. The summed E-state index contributed by atoms with van der Waals surface area (Å²) in [4.78, 5) is 24.0. The second-order valence-corrected chi connectivity index (χ2v) is 7.52. The third kappa shape index (κ3) is 5.32. The number of nitrogens with zero attached hydrogens (tertiary/aromatic N) is 3. The molecule has 27 heavy (non-hydrogen) atoms. The summed E-state index contributed by atoms with van der Waals surface area (Å²) in [6, 6.07) is 6.71. The predicted molar refractivity (Wildman–Crippen MR) is 104 cm³/mol. The fraction of sp³-hybridized carbons (Fsp3) is 0.474. The van der Waals surface area contributed by atoms with Crippen molar-refractivity contribution in [1.29, 1.82) is 0 Å². The minimum absolute atomic E-state index is 0.130. The number of anilines is 1. The molecule has 0 radical (unpaired) electrons. The highest BCUT2D eigenvalue weighted by Gasteiger charge is 2.29. The topological polar surface area (TPSA) is 86.1 Å². The second kappa shape index (κ2) is 9.03. The number of amides is 1. The molecule has 0 aliphatic heterocycles. The molecule has 7 nitrogen and oxygen atoms in total. The molecule has 1 aromatic heterocycles. The molecule has 8 heteroatoms. The molecule has 1 fully saturated rings. The van der Waals surface area contributed by atoms with Crippen LogP contribution in [0.25, 0.3) is 0 Å². The van der Waals surface area contributed by atoms with Crippen LogP contribution in [-0.2, 0) is 16.6 Å². The Morgan fingerprint density at radius 3 is 2.67 bits per heavy atom. The summed E-state index contributed by atoms with van der Waals surface area (Å²) in [5.74, 6) is 1.30. The van der Waals surface area contributed by atoms with Crippen LogP contribution >= 0.6 is 11.8 Å². The fourth-order valence-electron chi connectivity index (χ4n) is 2.56. The Morgan fingerprint density at radius 1 is 1.26 bits per heavy atom. The van der Waals surface area contributed by atoms with Gasteiger partial charge < -0.3 is 14.6 Å². The Balaban J connectivity index is 1.47. The zero-order valence-electron chi connectivity index (χ0n) is 15.6. The van der Waals surface area contributed by atoms with Gasteiger partial charge in [-0.3, -0.25) is 4.79 Å². The van der Waals surface area contributed by atoms with E-state index < -0.39 is 0 Å². The number of thioether (sulfide) groups is 1. The van der Waals surface area contributed by atoms with Gasteiger partial charge in [-0.05, 0) is 43.5 Å². The summed E-state index contributed by atoms with van der Waals surface area (Å²) in [7, 11) is 1.94. The molecule has 0 unspecified atom stereocenters. The Kier molecular flexibility index (Phi) is 6.49. The van der Waals surface area contributed by atoms with E-state index in [0.29, 0.717) is 23.8 Å². The molecule has 0 atom stereocenters. The fourth-order valence-corrected chi connectivity index (χ4v) is 3.28. The van der Waals surface area contributed by atoms with Crippen molar-refractivity contribution in [2.24, 2.45) is 7.05 Å². The number of nitrogens with one attached hydrogen (secondary N) is 1. The van der Waals surface area contributed by atoms with E-state index in [0.717, 1.165) is 23.8 Å². The highest BCUT2D eigenvalue weighted by Crippen LogP contribution is 2.39. The van der Waals surface area contributed by atoms with E-state index in [1.165, 1.54) is 24.6 Å². The highest BCUT2D eigenvalue weighted by molar-refractivity contribution is 7.99. The summed E-state index contributed by atoms with van der Waals surface area (Å²) >= 11 is 1.36. The Labute approximate surface area is 162 Å². The SMILES string of the molecule is CCCCOC(=O)c1ccc(NC(=O)CSc2nnc(C3CC3)n2C)cc1. The van der Waals surface area contributed by atoms with Crippen LogP contribution in [0.1, 0.15) is 54.7 Å². The van der Waals surface area contributed by atoms with E-state index in [-0.39, 0.29) is 17.6 Å². The van der Waals surface area contributed by atoms with Crippen molar-refractivity contribution in [1.82, 2.24) is 14.8 Å². The monoisotopic (exact) mass is 388 g/mol. The maximum Gasteiger partial charge on any atom is 0.338 e. The normalized spacial score (nSPS) is 13.4. The number of benzene rings is 1. The van der Waals surface area contributed by atoms with Gasteiger partial charge in [-0.2, -0.15) is 0 Å². The van der Waals surface area contributed by atoms with E-state index in [9.17, 15) is 9.59 Å². The van der Waals surface area contributed by atoms with E-state index in [1.807, 2.05) is 18.5 Å². The molecule has 3 rings (SSSR count). The first-order valence-corrected chi connectivity index (χ1v) is 10.2. The van der Waals surface area contributed by atoms with Gasteiger partial charge in [0, 0.05) is 18.7 Å². The maximum atomic E-state index is 12.2. The van der Waals surface area contributed by atoms with Crippen LogP contribution in [0.4, 0.5) is 5.69 Å². The average Bonchev–Trinajstić information content (AvgIpc) is 3.44. The number of unbranched alkanes of at least 4 members (excludes halogenated alkanes) is 1. The zero-order valence-corrected chi connectivity index (χ0v) is 16.4. The van der Waals surface area contributed by atoms with Crippen molar-refractivity contribution < 1.29 is 14.3 Å². The molecule has 1 aliphatic rings. The molecule has 1 aliphatic carbocycles. The van der Waals surface area contributed by atoms with E-state index in [4.69, 9.17) is 4.74 Å². The van der Waals surface area contributed by atoms with Crippen molar-refractivity contribution in [3.8, 4) is 0 Å². The van der Waals surface area contributed by atoms with Gasteiger partial charge in [0.1, 0.15) is 5.82 Å². The lowest BCUT2D eigenvalue weighted by Gasteiger charge is -2.07. The first-order valence-electron chi connectivity index (χ1n) is 9.17. The summed E-state index contributed by atoms with van der Waals surface area (Å²) < 4.78 is 7.13. The van der Waals surface area contributed by atoms with Gasteiger partial charge in [-0.15, -0.1) is 10.2 Å². The molecule has 1 N–H and O–H groups in total. The van der Waals surface area contributed by atoms with Gasteiger partial charge in [0.05, 0.1) is 17.9 Å². The first-order chi connectivity index (χ1) is 13.1. The molecule has 144 valence electrons. The van der Waals surface area contributed by atoms with Crippen molar-refractivity contribution in [2.45, 2.75) is 43.7 Å². The van der Waals surface area contributed by atoms with E-state index >= 15 is 0 Å². The lowest BCUT2D eigenvalue weighted by molar-refractivity contribution is -0.113. The number of carbonyl (C=O) groups excluding carboxylic acids is 2. The molecular formula is C19H24N4O3S. The molecule has 1 saturated carbocycles. The van der Waals surface area contributed by atoms with Crippen LogP contribution in [-0.4, -0.2) is 39.0 Å². The summed E-state index contributed by atoms with van der Waals surface area (Å²) in [5, 5.41) is 11.9. The third-order valence-electron chi connectivity index (χ3n) is 4.28. The Hall–Kier alpha value is -2.35. The number of hydrogen-bond donors (Lipinski definition) is 1. The van der Waals surface area contributed by atoms with Gasteiger partial charge in [0.15, 0.2) is 5.16 Å². The third-order valence-corrected chi connectivity index (χ3v) is 5.30. The van der Waals surface area contributed by atoms with Gasteiger partial charge in [-0.25, -0.2) is 4.79 Å². The summed E-state index contributed by atoms with van der Waals surface area (Å²) in [6.07, 6.45) is 4.16. The molecular weight excluding hydrogens is 364 g/mol. The quantitative estimate of drug-likeness (QED) is 0.403. The molecule has 1 heterocycles. The minimum Gasteiger partial charge on any atom is -0.462 e. The summed E-state index contributed by atoms with van der Waals surface area (Å²) in [6.45, 7) is 2.47. The first kappa shape index (κ1) is 19.4. The molecule has 0 spiro atoms. The molecule has 0 bridgehead atoms. The van der Waals surface area contributed by atoms with Crippen LogP contribution < -0.4 is 5.32 Å². The van der Waals surface area contributed by atoms with Crippen molar-refractivity contribution >= 4 is 29.3 Å². The van der Waals surface area contributed by atoms with Crippen LogP contribution in [0.3, 0.4) is 0 Å². The van der Waals surface area contributed by atoms with Gasteiger partial charge in [0.2, 0.25) is 5.91 Å². The number of hydrogen-bond acceptors (Lipinski definition) is 6. The average molecular weight is 388 g/mol. The van der Waals surface area contributed by atoms with E-state index in [1.54, 1.807) is 24.3 Å². The van der Waals surface area contributed by atoms with Crippen LogP contribution in [0.2, 0.25) is 0 Å². The number of ether oxygens (including phenoxy) is 1. The molecule has 2 aromatic rings. The standard InChI is InChI=1S/C19H24N4O3S/c1-3-4-11-26-18(25)14-7-9-15(10-8-14)20-16(24)12-27-19-22-21-17(23(19)2)13-5-6-13/h7-10,13H,3-6,11-12H2,1-2H3,(H,20,24). The second-order valence-electron chi connectivity index (χ2n) is 6.58. The lowest BCUT2D eigenvalue weighted by Crippen LogP contribution is -2.14. The van der Waals surface area contributed by atoms with Crippen molar-refractivity contribution in [3.63, 3.8) is 0 Å². The van der Waals surface area contributed by atoms with Gasteiger partial charge >= 0.3 is 5.97 Å². The lowest BCUT2D eigenvalue weighted by atomic mass is 10.2. The van der Waals surface area contributed by atoms with Crippen LogP contribution in [0.5, 0.6) is 0 Å². The number of carbonyl (C=O) groups is 2. The Bertz CT molecular complexity index is 800. The maximum absolute atomic E-state index is 12.2. The zero-order chi connectivity index (χ0) is 19.2. The minimum atomic E-state index is -0.342.